The summed E-state index contributed by atoms with van der Waals surface area (Å²) in [5.74, 6) is 1.57. The van der Waals surface area contributed by atoms with Crippen molar-refractivity contribution in [2.75, 3.05) is 12.5 Å². The van der Waals surface area contributed by atoms with Crippen LogP contribution in [0.5, 0.6) is 0 Å². The first-order valence-electron chi connectivity index (χ1n) is 4.98. The summed E-state index contributed by atoms with van der Waals surface area (Å²) in [6, 6.07) is 0. The fourth-order valence-electron chi connectivity index (χ4n) is 1.35. The molecule has 0 aliphatic carbocycles. The van der Waals surface area contributed by atoms with Crippen LogP contribution in [0.2, 0.25) is 0 Å². The van der Waals surface area contributed by atoms with E-state index >= 15 is 0 Å². The van der Waals surface area contributed by atoms with Crippen molar-refractivity contribution in [3.05, 3.63) is 0 Å². The molecule has 0 radical (unpaired) electrons. The van der Waals surface area contributed by atoms with E-state index in [9.17, 15) is 0 Å². The van der Waals surface area contributed by atoms with Crippen molar-refractivity contribution in [1.82, 2.24) is 0 Å². The van der Waals surface area contributed by atoms with Gasteiger partial charge in [0.25, 0.3) is 0 Å². The molecular formula is C10H21ClO. The molecule has 12 heavy (non-hydrogen) atoms. The van der Waals surface area contributed by atoms with Crippen LogP contribution >= 0.6 is 11.6 Å². The molecule has 0 heterocycles. The zero-order valence-electron chi connectivity index (χ0n) is 8.06. The van der Waals surface area contributed by atoms with Gasteiger partial charge < -0.3 is 5.11 Å². The summed E-state index contributed by atoms with van der Waals surface area (Å²) in [6.45, 7) is 2.60. The molecule has 0 amide bonds. The monoisotopic (exact) mass is 192 g/mol. The van der Waals surface area contributed by atoms with Gasteiger partial charge in [0, 0.05) is 12.5 Å². The maximum Gasteiger partial charge on any atom is 0.0431 e. The van der Waals surface area contributed by atoms with Crippen molar-refractivity contribution < 1.29 is 5.11 Å². The lowest BCUT2D eigenvalue weighted by molar-refractivity contribution is 0.271. The van der Waals surface area contributed by atoms with E-state index in [-0.39, 0.29) is 0 Å². The summed E-state index contributed by atoms with van der Waals surface area (Å²) in [6.07, 6.45) is 7.10. The summed E-state index contributed by atoms with van der Waals surface area (Å²) in [5, 5.41) is 8.61. The molecule has 1 nitrogen and oxygen atoms in total. The minimum atomic E-state index is 0.339. The molecule has 1 atom stereocenters. The molecule has 0 spiro atoms. The summed E-state index contributed by atoms with van der Waals surface area (Å²) in [5.41, 5.74) is 0. The number of aliphatic hydroxyl groups excluding tert-OH is 1. The number of halogens is 1. The second-order valence-corrected chi connectivity index (χ2v) is 3.89. The molecule has 0 bridgehead atoms. The molecule has 0 saturated carbocycles. The molecule has 0 aromatic rings. The van der Waals surface area contributed by atoms with Crippen LogP contribution in [0.1, 0.15) is 45.4 Å². The van der Waals surface area contributed by atoms with Crippen molar-refractivity contribution in [3.63, 3.8) is 0 Å². The number of aliphatic hydroxyl groups is 1. The molecule has 2 heteroatoms. The SMILES string of the molecule is C[C@@H](CCCO)CCCCCCl. The maximum atomic E-state index is 8.61. The molecule has 1 N–H and O–H groups in total. The Morgan fingerprint density at radius 3 is 2.33 bits per heavy atom. The van der Waals surface area contributed by atoms with Crippen molar-refractivity contribution in [2.24, 2.45) is 5.92 Å². The van der Waals surface area contributed by atoms with Gasteiger partial charge in [-0.05, 0) is 25.2 Å². The fraction of sp³-hybridized carbons (Fsp3) is 1.00. The third-order valence-electron chi connectivity index (χ3n) is 2.19. The lowest BCUT2D eigenvalue weighted by Gasteiger charge is -2.09. The van der Waals surface area contributed by atoms with Gasteiger partial charge >= 0.3 is 0 Å². The van der Waals surface area contributed by atoms with E-state index in [0.717, 1.165) is 31.1 Å². The fourth-order valence-corrected chi connectivity index (χ4v) is 1.54. The summed E-state index contributed by atoms with van der Waals surface area (Å²) >= 11 is 5.57. The lowest BCUT2D eigenvalue weighted by Crippen LogP contribution is -1.96. The van der Waals surface area contributed by atoms with Gasteiger partial charge in [-0.1, -0.05) is 26.2 Å². The molecule has 0 aromatic heterocycles. The molecule has 0 aliphatic heterocycles. The predicted octanol–water partition coefficient (Wildman–Crippen LogP) is 3.19. The molecule has 0 fully saturated rings. The van der Waals surface area contributed by atoms with Crippen LogP contribution in [0.4, 0.5) is 0 Å². The van der Waals surface area contributed by atoms with E-state index in [1.165, 1.54) is 19.3 Å². The highest BCUT2D eigenvalue weighted by molar-refractivity contribution is 6.17. The van der Waals surface area contributed by atoms with Crippen LogP contribution in [0.25, 0.3) is 0 Å². The normalized spacial score (nSPS) is 13.2. The first-order valence-corrected chi connectivity index (χ1v) is 5.51. The average molecular weight is 193 g/mol. The Kier molecular flexibility index (Phi) is 9.53. The third-order valence-corrected chi connectivity index (χ3v) is 2.45. The van der Waals surface area contributed by atoms with Gasteiger partial charge in [-0.2, -0.15) is 0 Å². The first kappa shape index (κ1) is 12.2. The van der Waals surface area contributed by atoms with E-state index in [4.69, 9.17) is 16.7 Å². The smallest absolute Gasteiger partial charge is 0.0431 e. The zero-order chi connectivity index (χ0) is 9.23. The summed E-state index contributed by atoms with van der Waals surface area (Å²) < 4.78 is 0. The topological polar surface area (TPSA) is 20.2 Å². The van der Waals surface area contributed by atoms with Crippen molar-refractivity contribution in [1.29, 1.82) is 0 Å². The van der Waals surface area contributed by atoms with Gasteiger partial charge in [0.2, 0.25) is 0 Å². The number of hydrogen-bond donors (Lipinski definition) is 1. The van der Waals surface area contributed by atoms with Gasteiger partial charge in [-0.15, -0.1) is 11.6 Å². The van der Waals surface area contributed by atoms with Gasteiger partial charge in [-0.3, -0.25) is 0 Å². The Balaban J connectivity index is 3.02. The average Bonchev–Trinajstić information content (AvgIpc) is 2.09. The van der Waals surface area contributed by atoms with Crippen molar-refractivity contribution >= 4 is 11.6 Å². The molecule has 0 rings (SSSR count). The van der Waals surface area contributed by atoms with Crippen molar-refractivity contribution in [2.45, 2.75) is 45.4 Å². The number of hydrogen-bond acceptors (Lipinski definition) is 1. The Labute approximate surface area is 81.1 Å². The number of rotatable bonds is 8. The van der Waals surface area contributed by atoms with Crippen LogP contribution in [-0.4, -0.2) is 17.6 Å². The number of unbranched alkanes of at least 4 members (excludes halogenated alkanes) is 2. The molecular weight excluding hydrogens is 172 g/mol. The van der Waals surface area contributed by atoms with E-state index in [0.29, 0.717) is 6.61 Å². The highest BCUT2D eigenvalue weighted by atomic mass is 35.5. The van der Waals surface area contributed by atoms with Crippen LogP contribution in [0.15, 0.2) is 0 Å². The zero-order valence-corrected chi connectivity index (χ0v) is 8.82. The molecule has 0 unspecified atom stereocenters. The highest BCUT2D eigenvalue weighted by Crippen LogP contribution is 2.14. The highest BCUT2D eigenvalue weighted by Gasteiger charge is 2.00. The minimum Gasteiger partial charge on any atom is -0.396 e. The van der Waals surface area contributed by atoms with E-state index in [1.807, 2.05) is 0 Å². The van der Waals surface area contributed by atoms with Gasteiger partial charge in [0.05, 0.1) is 0 Å². The van der Waals surface area contributed by atoms with Gasteiger partial charge in [0.15, 0.2) is 0 Å². The van der Waals surface area contributed by atoms with E-state index < -0.39 is 0 Å². The quantitative estimate of drug-likeness (QED) is 0.463. The Hall–Kier alpha value is 0.250. The summed E-state index contributed by atoms with van der Waals surface area (Å²) in [7, 11) is 0. The van der Waals surface area contributed by atoms with E-state index in [1.54, 1.807) is 0 Å². The second kappa shape index (κ2) is 9.34. The van der Waals surface area contributed by atoms with Gasteiger partial charge in [-0.25, -0.2) is 0 Å². The van der Waals surface area contributed by atoms with Gasteiger partial charge in [0.1, 0.15) is 0 Å². The molecule has 0 aliphatic rings. The van der Waals surface area contributed by atoms with Crippen LogP contribution in [0, 0.1) is 5.92 Å². The second-order valence-electron chi connectivity index (χ2n) is 3.51. The Morgan fingerprint density at radius 2 is 1.75 bits per heavy atom. The summed E-state index contributed by atoms with van der Waals surface area (Å²) in [4.78, 5) is 0. The Morgan fingerprint density at radius 1 is 1.08 bits per heavy atom. The van der Waals surface area contributed by atoms with E-state index in [2.05, 4.69) is 6.92 Å². The lowest BCUT2D eigenvalue weighted by atomic mass is 9.99. The standard InChI is InChI=1S/C10H21ClO/c1-10(7-5-9-12)6-3-2-4-8-11/h10,12H,2-9H2,1H3/t10-/m1/s1. The van der Waals surface area contributed by atoms with Crippen LogP contribution < -0.4 is 0 Å². The largest absolute Gasteiger partial charge is 0.396 e. The molecule has 0 saturated heterocycles. The predicted molar refractivity (Wildman–Crippen MR) is 54.7 cm³/mol. The maximum absolute atomic E-state index is 8.61. The third kappa shape index (κ3) is 8.35. The van der Waals surface area contributed by atoms with Crippen LogP contribution in [0.3, 0.4) is 0 Å². The molecule has 74 valence electrons. The molecule has 0 aromatic carbocycles. The first-order chi connectivity index (χ1) is 5.81. The van der Waals surface area contributed by atoms with Crippen LogP contribution in [-0.2, 0) is 0 Å². The number of alkyl halides is 1. The van der Waals surface area contributed by atoms with Crippen molar-refractivity contribution in [3.8, 4) is 0 Å². The Bertz CT molecular complexity index is 85.9. The minimum absolute atomic E-state index is 0.339.